The monoisotopic (exact) mass is 268 g/mol. The number of carbonyl (C=O) groups excluding carboxylic acids is 1. The minimum Gasteiger partial charge on any atom is -0.366 e. The maximum absolute atomic E-state index is 11.5. The molecular formula is C11H12N2O2S2. The normalized spacial score (nSPS) is 30.4. The molecule has 1 amide bonds. The second-order valence-corrected chi connectivity index (χ2v) is 6.04. The first-order chi connectivity index (χ1) is 8.17. The van der Waals surface area contributed by atoms with Gasteiger partial charge in [0.2, 0.25) is 5.91 Å². The molecule has 3 N–H and O–H groups in total. The molecule has 1 unspecified atom stereocenters. The van der Waals surface area contributed by atoms with Gasteiger partial charge in [0.1, 0.15) is 0 Å². The first kappa shape index (κ1) is 11.3. The average molecular weight is 268 g/mol. The van der Waals surface area contributed by atoms with Gasteiger partial charge in [-0.1, -0.05) is 0 Å². The SMILES string of the molecule is CSC1=CC(C(N)=O)=C2CSC3=CNOC32C1. The summed E-state index contributed by atoms with van der Waals surface area (Å²) in [6.07, 6.45) is 6.56. The summed E-state index contributed by atoms with van der Waals surface area (Å²) in [4.78, 5) is 19.5. The van der Waals surface area contributed by atoms with Crippen LogP contribution in [0.4, 0.5) is 0 Å². The van der Waals surface area contributed by atoms with E-state index in [0.717, 1.165) is 27.6 Å². The minimum absolute atomic E-state index is 0.372. The molecule has 2 aliphatic heterocycles. The first-order valence-corrected chi connectivity index (χ1v) is 7.43. The number of hydroxylamine groups is 1. The molecule has 0 radical (unpaired) electrons. The summed E-state index contributed by atoms with van der Waals surface area (Å²) in [6, 6.07) is 0. The van der Waals surface area contributed by atoms with Crippen LogP contribution in [0.5, 0.6) is 0 Å². The van der Waals surface area contributed by atoms with Crippen molar-refractivity contribution < 1.29 is 9.63 Å². The molecule has 1 aliphatic carbocycles. The van der Waals surface area contributed by atoms with Gasteiger partial charge < -0.3 is 5.73 Å². The van der Waals surface area contributed by atoms with E-state index < -0.39 is 5.60 Å². The molecule has 4 nitrogen and oxygen atoms in total. The van der Waals surface area contributed by atoms with Crippen LogP contribution in [-0.2, 0) is 9.63 Å². The highest BCUT2D eigenvalue weighted by Gasteiger charge is 2.51. The van der Waals surface area contributed by atoms with Gasteiger partial charge in [0, 0.05) is 28.9 Å². The quantitative estimate of drug-likeness (QED) is 0.790. The van der Waals surface area contributed by atoms with Gasteiger partial charge in [-0.2, -0.15) is 0 Å². The van der Waals surface area contributed by atoms with Crippen molar-refractivity contribution in [2.75, 3.05) is 12.0 Å². The number of thioether (sulfide) groups is 2. The van der Waals surface area contributed by atoms with Gasteiger partial charge in [-0.3, -0.25) is 15.1 Å². The third-order valence-electron chi connectivity index (χ3n) is 3.26. The van der Waals surface area contributed by atoms with Crippen LogP contribution >= 0.6 is 23.5 Å². The number of amides is 1. The minimum atomic E-state index is -0.470. The molecule has 0 aromatic rings. The van der Waals surface area contributed by atoms with E-state index in [0.29, 0.717) is 5.57 Å². The fourth-order valence-electron chi connectivity index (χ4n) is 2.41. The van der Waals surface area contributed by atoms with Gasteiger partial charge in [-0.05, 0) is 22.8 Å². The smallest absolute Gasteiger partial charge is 0.248 e. The molecule has 0 aromatic heterocycles. The van der Waals surface area contributed by atoms with Gasteiger partial charge in [-0.15, -0.1) is 23.5 Å². The van der Waals surface area contributed by atoms with E-state index in [1.165, 1.54) is 0 Å². The highest BCUT2D eigenvalue weighted by Crippen LogP contribution is 2.55. The lowest BCUT2D eigenvalue weighted by molar-refractivity contribution is -0.114. The second kappa shape index (κ2) is 3.83. The highest BCUT2D eigenvalue weighted by molar-refractivity contribution is 8.03. The third kappa shape index (κ3) is 1.47. The molecule has 3 aliphatic rings. The summed E-state index contributed by atoms with van der Waals surface area (Å²) in [7, 11) is 0. The van der Waals surface area contributed by atoms with E-state index in [1.54, 1.807) is 23.5 Å². The largest absolute Gasteiger partial charge is 0.366 e. The summed E-state index contributed by atoms with van der Waals surface area (Å²) in [5.41, 5.74) is 9.42. The van der Waals surface area contributed by atoms with E-state index in [1.807, 2.05) is 18.5 Å². The van der Waals surface area contributed by atoms with Crippen molar-refractivity contribution in [1.29, 1.82) is 0 Å². The van der Waals surface area contributed by atoms with Crippen LogP contribution in [0.2, 0.25) is 0 Å². The number of rotatable bonds is 2. The van der Waals surface area contributed by atoms with Crippen molar-refractivity contribution in [3.05, 3.63) is 33.2 Å². The second-order valence-electron chi connectivity index (χ2n) is 4.09. The van der Waals surface area contributed by atoms with Crippen molar-refractivity contribution in [3.63, 3.8) is 0 Å². The first-order valence-electron chi connectivity index (χ1n) is 5.22. The molecule has 1 spiro atoms. The van der Waals surface area contributed by atoms with Gasteiger partial charge in [0.25, 0.3) is 0 Å². The Morgan fingerprint density at radius 3 is 3.24 bits per heavy atom. The lowest BCUT2D eigenvalue weighted by Crippen LogP contribution is -2.37. The summed E-state index contributed by atoms with van der Waals surface area (Å²) in [5.74, 6) is 0.409. The Morgan fingerprint density at radius 2 is 2.53 bits per heavy atom. The van der Waals surface area contributed by atoms with E-state index in [9.17, 15) is 4.79 Å². The summed E-state index contributed by atoms with van der Waals surface area (Å²) >= 11 is 3.34. The molecule has 1 saturated heterocycles. The Balaban J connectivity index is 2.16. The van der Waals surface area contributed by atoms with Crippen molar-refractivity contribution in [2.24, 2.45) is 5.73 Å². The van der Waals surface area contributed by atoms with Gasteiger partial charge in [-0.25, -0.2) is 0 Å². The van der Waals surface area contributed by atoms with Crippen molar-refractivity contribution in [3.8, 4) is 0 Å². The highest BCUT2D eigenvalue weighted by atomic mass is 32.2. The zero-order valence-corrected chi connectivity index (χ0v) is 10.9. The van der Waals surface area contributed by atoms with Crippen LogP contribution in [0.15, 0.2) is 33.2 Å². The maximum Gasteiger partial charge on any atom is 0.248 e. The standard InChI is InChI=1S/C11H12N2O2S2/c1-16-6-2-7(10(12)14)8-5-17-9-4-13-15-11(8,9)3-6/h2,4,13H,3,5H2,1H3,(H2,12,14). The fraction of sp³-hybridized carbons (Fsp3) is 0.364. The zero-order valence-electron chi connectivity index (χ0n) is 9.28. The van der Waals surface area contributed by atoms with Crippen LogP contribution in [0.1, 0.15) is 6.42 Å². The number of nitrogens with two attached hydrogens (primary N) is 1. The molecule has 1 fully saturated rings. The lowest BCUT2D eigenvalue weighted by Gasteiger charge is -2.31. The Morgan fingerprint density at radius 1 is 1.71 bits per heavy atom. The molecule has 1 atom stereocenters. The van der Waals surface area contributed by atoms with Crippen LogP contribution in [0, 0.1) is 0 Å². The number of hydrogen-bond donors (Lipinski definition) is 2. The van der Waals surface area contributed by atoms with Gasteiger partial charge in [0.15, 0.2) is 5.60 Å². The topological polar surface area (TPSA) is 64.4 Å². The van der Waals surface area contributed by atoms with E-state index >= 15 is 0 Å². The molecule has 6 heteroatoms. The van der Waals surface area contributed by atoms with Crippen LogP contribution in [0.25, 0.3) is 0 Å². The predicted molar refractivity (Wildman–Crippen MR) is 69.9 cm³/mol. The summed E-state index contributed by atoms with van der Waals surface area (Å²) in [6.45, 7) is 0. The molecule has 2 heterocycles. The molecule has 0 aromatic carbocycles. The van der Waals surface area contributed by atoms with Crippen molar-refractivity contribution in [1.82, 2.24) is 5.48 Å². The van der Waals surface area contributed by atoms with Crippen LogP contribution in [-0.4, -0.2) is 23.5 Å². The Bertz CT molecular complexity index is 496. The van der Waals surface area contributed by atoms with Crippen molar-refractivity contribution in [2.45, 2.75) is 12.0 Å². The maximum atomic E-state index is 11.5. The molecular weight excluding hydrogens is 256 g/mol. The molecule has 90 valence electrons. The van der Waals surface area contributed by atoms with E-state index in [4.69, 9.17) is 10.6 Å². The number of hydrogen-bond acceptors (Lipinski definition) is 5. The summed E-state index contributed by atoms with van der Waals surface area (Å²) in [5, 5.41) is 0. The van der Waals surface area contributed by atoms with Gasteiger partial charge in [0.05, 0.1) is 0 Å². The van der Waals surface area contributed by atoms with Crippen LogP contribution in [0.3, 0.4) is 0 Å². The Labute approximate surface area is 108 Å². The van der Waals surface area contributed by atoms with Gasteiger partial charge >= 0.3 is 0 Å². The molecule has 0 bridgehead atoms. The van der Waals surface area contributed by atoms with E-state index in [-0.39, 0.29) is 5.91 Å². The van der Waals surface area contributed by atoms with E-state index in [2.05, 4.69) is 5.48 Å². The molecule has 0 saturated carbocycles. The van der Waals surface area contributed by atoms with Crippen molar-refractivity contribution >= 4 is 29.4 Å². The lowest BCUT2D eigenvalue weighted by atomic mass is 9.83. The number of primary amides is 1. The Kier molecular flexibility index (Phi) is 2.53. The number of nitrogens with one attached hydrogen (secondary N) is 1. The average Bonchev–Trinajstić information content (AvgIpc) is 2.83. The molecule has 17 heavy (non-hydrogen) atoms. The third-order valence-corrected chi connectivity index (χ3v) is 5.24. The Hall–Kier alpha value is -0.850. The summed E-state index contributed by atoms with van der Waals surface area (Å²) < 4.78 is 0. The van der Waals surface area contributed by atoms with Crippen LogP contribution < -0.4 is 11.2 Å². The zero-order chi connectivity index (χ0) is 12.0. The molecule has 3 rings (SSSR count). The number of carbonyl (C=O) groups is 1. The fourth-order valence-corrected chi connectivity index (χ4v) is 4.28. The predicted octanol–water partition coefficient (Wildman–Crippen LogP) is 1.28.